The molecule has 0 aliphatic carbocycles. The van der Waals surface area contributed by atoms with E-state index in [0.29, 0.717) is 43.3 Å². The molecule has 1 saturated heterocycles. The molecule has 1 aliphatic heterocycles. The predicted octanol–water partition coefficient (Wildman–Crippen LogP) is 3.76. The van der Waals surface area contributed by atoms with Gasteiger partial charge in [0.1, 0.15) is 5.75 Å². The SMILES string of the molecule is CC(=O)c1ccc(OCC(=O)Nc2cc(C(F)(F)F)ccc2N2CCOCC2)cc1. The summed E-state index contributed by atoms with van der Waals surface area (Å²) in [5, 5.41) is 2.52. The Morgan fingerprint density at radius 2 is 1.77 bits per heavy atom. The molecule has 1 fully saturated rings. The number of carbonyl (C=O) groups excluding carboxylic acids is 2. The van der Waals surface area contributed by atoms with Crippen LogP contribution in [0, 0.1) is 0 Å². The van der Waals surface area contributed by atoms with E-state index in [2.05, 4.69) is 5.32 Å². The second-order valence-corrected chi connectivity index (χ2v) is 6.75. The number of nitrogens with zero attached hydrogens (tertiary/aromatic N) is 1. The maximum Gasteiger partial charge on any atom is 0.416 e. The lowest BCUT2D eigenvalue weighted by atomic mass is 10.1. The summed E-state index contributed by atoms with van der Waals surface area (Å²) in [6.07, 6.45) is -4.53. The Balaban J connectivity index is 1.72. The number of alkyl halides is 3. The van der Waals surface area contributed by atoms with Gasteiger partial charge < -0.3 is 19.7 Å². The van der Waals surface area contributed by atoms with Gasteiger partial charge in [-0.15, -0.1) is 0 Å². The maximum atomic E-state index is 13.1. The third-order valence-electron chi connectivity index (χ3n) is 4.58. The number of hydrogen-bond donors (Lipinski definition) is 1. The van der Waals surface area contributed by atoms with E-state index in [4.69, 9.17) is 9.47 Å². The lowest BCUT2D eigenvalue weighted by Crippen LogP contribution is -2.37. The molecule has 0 bridgehead atoms. The molecule has 0 saturated carbocycles. The molecule has 2 aromatic rings. The minimum absolute atomic E-state index is 0.0623. The Morgan fingerprint density at radius 1 is 1.10 bits per heavy atom. The number of hydrogen-bond acceptors (Lipinski definition) is 5. The summed E-state index contributed by atoms with van der Waals surface area (Å²) in [4.78, 5) is 25.5. The highest BCUT2D eigenvalue weighted by Crippen LogP contribution is 2.35. The number of rotatable bonds is 6. The van der Waals surface area contributed by atoms with Crippen LogP contribution in [0.3, 0.4) is 0 Å². The van der Waals surface area contributed by atoms with E-state index in [1.54, 1.807) is 24.3 Å². The van der Waals surface area contributed by atoms with Gasteiger partial charge in [-0.2, -0.15) is 13.2 Å². The van der Waals surface area contributed by atoms with E-state index in [1.807, 2.05) is 4.90 Å². The Bertz CT molecular complexity index is 907. The van der Waals surface area contributed by atoms with Crippen molar-refractivity contribution < 1.29 is 32.2 Å². The molecule has 160 valence electrons. The van der Waals surface area contributed by atoms with Crippen LogP contribution in [0.25, 0.3) is 0 Å². The van der Waals surface area contributed by atoms with Crippen LogP contribution in [-0.4, -0.2) is 44.6 Å². The number of halogens is 3. The quantitative estimate of drug-likeness (QED) is 0.718. The Labute approximate surface area is 171 Å². The van der Waals surface area contributed by atoms with Crippen molar-refractivity contribution in [1.29, 1.82) is 0 Å². The summed E-state index contributed by atoms with van der Waals surface area (Å²) >= 11 is 0. The first kappa shape index (κ1) is 21.6. The molecule has 9 heteroatoms. The summed E-state index contributed by atoms with van der Waals surface area (Å²) < 4.78 is 50.1. The molecule has 0 atom stereocenters. The number of benzene rings is 2. The van der Waals surface area contributed by atoms with Gasteiger partial charge in [0.25, 0.3) is 5.91 Å². The molecule has 3 rings (SSSR count). The highest BCUT2D eigenvalue weighted by Gasteiger charge is 2.32. The van der Waals surface area contributed by atoms with Crippen LogP contribution in [0.15, 0.2) is 42.5 Å². The van der Waals surface area contributed by atoms with Gasteiger partial charge in [-0.1, -0.05) is 0 Å². The van der Waals surface area contributed by atoms with Crippen LogP contribution in [0.2, 0.25) is 0 Å². The molecule has 0 radical (unpaired) electrons. The van der Waals surface area contributed by atoms with E-state index >= 15 is 0 Å². The van der Waals surface area contributed by atoms with Crippen molar-refractivity contribution in [3.8, 4) is 5.75 Å². The fourth-order valence-corrected chi connectivity index (χ4v) is 3.01. The number of morpholine rings is 1. The topological polar surface area (TPSA) is 67.9 Å². The molecule has 1 amide bonds. The molecule has 0 aromatic heterocycles. The molecule has 1 aliphatic rings. The highest BCUT2D eigenvalue weighted by molar-refractivity contribution is 5.96. The first-order valence-electron chi connectivity index (χ1n) is 9.31. The van der Waals surface area contributed by atoms with Crippen LogP contribution in [0.5, 0.6) is 5.75 Å². The lowest BCUT2D eigenvalue weighted by molar-refractivity contribution is -0.137. The van der Waals surface area contributed by atoms with Crippen LogP contribution in [0.4, 0.5) is 24.5 Å². The number of anilines is 2. The third-order valence-corrected chi connectivity index (χ3v) is 4.58. The zero-order chi connectivity index (χ0) is 21.7. The fourth-order valence-electron chi connectivity index (χ4n) is 3.01. The van der Waals surface area contributed by atoms with E-state index in [-0.39, 0.29) is 11.5 Å². The van der Waals surface area contributed by atoms with Gasteiger partial charge in [0.2, 0.25) is 0 Å². The molecule has 30 heavy (non-hydrogen) atoms. The Kier molecular flexibility index (Phi) is 6.61. The van der Waals surface area contributed by atoms with Crippen LogP contribution in [-0.2, 0) is 15.7 Å². The number of carbonyl (C=O) groups is 2. The Morgan fingerprint density at radius 3 is 2.37 bits per heavy atom. The number of amides is 1. The molecule has 0 spiro atoms. The fraction of sp³-hybridized carbons (Fsp3) is 0.333. The summed E-state index contributed by atoms with van der Waals surface area (Å²) in [7, 11) is 0. The standard InChI is InChI=1S/C21H21F3N2O4/c1-14(27)15-2-5-17(6-3-15)30-13-20(28)25-18-12-16(21(22,23)24)4-7-19(18)26-8-10-29-11-9-26/h2-7,12H,8-11,13H2,1H3,(H,25,28). The van der Waals surface area contributed by atoms with E-state index in [0.717, 1.165) is 12.1 Å². The van der Waals surface area contributed by atoms with Crippen LogP contribution in [0.1, 0.15) is 22.8 Å². The molecular formula is C21H21F3N2O4. The zero-order valence-electron chi connectivity index (χ0n) is 16.3. The summed E-state index contributed by atoms with van der Waals surface area (Å²) in [5.74, 6) is -0.327. The minimum atomic E-state index is -4.53. The zero-order valence-corrected chi connectivity index (χ0v) is 16.3. The second kappa shape index (κ2) is 9.17. The van der Waals surface area contributed by atoms with Crippen molar-refractivity contribution in [2.45, 2.75) is 13.1 Å². The average molecular weight is 422 g/mol. The van der Waals surface area contributed by atoms with Gasteiger partial charge in [0, 0.05) is 18.7 Å². The van der Waals surface area contributed by atoms with E-state index in [1.165, 1.54) is 13.0 Å². The molecular weight excluding hydrogens is 401 g/mol. The number of nitrogens with one attached hydrogen (secondary N) is 1. The van der Waals surface area contributed by atoms with Gasteiger partial charge in [-0.25, -0.2) is 0 Å². The third kappa shape index (κ3) is 5.50. The highest BCUT2D eigenvalue weighted by atomic mass is 19.4. The first-order chi connectivity index (χ1) is 14.2. The van der Waals surface area contributed by atoms with Crippen molar-refractivity contribution in [3.63, 3.8) is 0 Å². The summed E-state index contributed by atoms with van der Waals surface area (Å²) in [5.41, 5.74) is 0.208. The first-order valence-corrected chi connectivity index (χ1v) is 9.31. The van der Waals surface area contributed by atoms with Gasteiger partial charge in [-0.3, -0.25) is 9.59 Å². The summed E-state index contributed by atoms with van der Waals surface area (Å²) in [6.45, 7) is 2.96. The minimum Gasteiger partial charge on any atom is -0.484 e. The normalized spacial score (nSPS) is 14.3. The van der Waals surface area contributed by atoms with Crippen LogP contribution < -0.4 is 15.0 Å². The van der Waals surface area contributed by atoms with Crippen molar-refractivity contribution >= 4 is 23.1 Å². The van der Waals surface area contributed by atoms with E-state index in [9.17, 15) is 22.8 Å². The second-order valence-electron chi connectivity index (χ2n) is 6.75. The molecule has 0 unspecified atom stereocenters. The van der Waals surface area contributed by atoms with E-state index < -0.39 is 24.3 Å². The molecule has 1 N–H and O–H groups in total. The van der Waals surface area contributed by atoms with Crippen molar-refractivity contribution in [2.24, 2.45) is 0 Å². The summed E-state index contributed by atoms with van der Waals surface area (Å²) in [6, 6.07) is 9.50. The monoisotopic (exact) mass is 422 g/mol. The molecule has 1 heterocycles. The van der Waals surface area contributed by atoms with Crippen molar-refractivity contribution in [3.05, 3.63) is 53.6 Å². The number of ether oxygens (including phenoxy) is 2. The van der Waals surface area contributed by atoms with Gasteiger partial charge in [0.05, 0.1) is 30.2 Å². The average Bonchev–Trinajstić information content (AvgIpc) is 2.72. The largest absolute Gasteiger partial charge is 0.484 e. The molecule has 2 aromatic carbocycles. The van der Waals surface area contributed by atoms with Gasteiger partial charge in [-0.05, 0) is 49.4 Å². The number of ketones is 1. The lowest BCUT2D eigenvalue weighted by Gasteiger charge is -2.31. The maximum absolute atomic E-state index is 13.1. The van der Waals surface area contributed by atoms with Crippen molar-refractivity contribution in [1.82, 2.24) is 0 Å². The van der Waals surface area contributed by atoms with Crippen molar-refractivity contribution in [2.75, 3.05) is 43.1 Å². The Hall–Kier alpha value is -3.07. The van der Waals surface area contributed by atoms with Gasteiger partial charge >= 0.3 is 6.18 Å². The van der Waals surface area contributed by atoms with Gasteiger partial charge in [0.15, 0.2) is 12.4 Å². The predicted molar refractivity (Wildman–Crippen MR) is 105 cm³/mol. The number of Topliss-reactive ketones (excluding diaryl/α,β-unsaturated/α-hetero) is 1. The molecule has 6 nitrogen and oxygen atoms in total. The van der Waals surface area contributed by atoms with Crippen LogP contribution >= 0.6 is 0 Å². The smallest absolute Gasteiger partial charge is 0.416 e.